The lowest BCUT2D eigenvalue weighted by Crippen LogP contribution is -2.15. The summed E-state index contributed by atoms with van der Waals surface area (Å²) in [5, 5.41) is 15.3. The van der Waals surface area contributed by atoms with Crippen LogP contribution in [0.3, 0.4) is 0 Å². The Bertz CT molecular complexity index is 344. The number of ether oxygens (including phenoxy) is 1. The van der Waals surface area contributed by atoms with Crippen LogP contribution in [0.25, 0.3) is 0 Å². The van der Waals surface area contributed by atoms with E-state index < -0.39 is 5.97 Å². The van der Waals surface area contributed by atoms with Crippen LogP contribution in [0.5, 0.6) is 0 Å². The summed E-state index contributed by atoms with van der Waals surface area (Å²) in [6.07, 6.45) is 1.71. The number of aliphatic carboxylic acids is 1. The van der Waals surface area contributed by atoms with Crippen molar-refractivity contribution in [2.24, 2.45) is 0 Å². The Labute approximate surface area is 86.7 Å². The highest BCUT2D eigenvalue weighted by Gasteiger charge is 2.20. The zero-order valence-electron chi connectivity index (χ0n) is 8.27. The average Bonchev–Trinajstić information content (AvgIpc) is 2.67. The minimum atomic E-state index is -0.898. The van der Waals surface area contributed by atoms with Gasteiger partial charge in [0.1, 0.15) is 12.2 Å². The number of rotatable bonds is 3. The van der Waals surface area contributed by atoms with Gasteiger partial charge in [0.05, 0.1) is 0 Å². The van der Waals surface area contributed by atoms with Gasteiger partial charge in [-0.2, -0.15) is 5.10 Å². The second-order valence-corrected chi connectivity index (χ2v) is 3.60. The standard InChI is InChI=1S/C9H13N3O3/c13-8(14)5-7-10-9(12-11-7)6-1-3-15-4-2-6/h6H,1-5H2,(H,13,14)(H,10,11,12). The van der Waals surface area contributed by atoms with E-state index in [9.17, 15) is 4.79 Å². The van der Waals surface area contributed by atoms with Crippen LogP contribution in [-0.4, -0.2) is 39.5 Å². The molecule has 2 N–H and O–H groups in total. The van der Waals surface area contributed by atoms with Gasteiger partial charge < -0.3 is 9.84 Å². The Hall–Kier alpha value is -1.43. The van der Waals surface area contributed by atoms with Crippen LogP contribution in [0.2, 0.25) is 0 Å². The molecule has 0 spiro atoms. The third-order valence-corrected chi connectivity index (χ3v) is 2.45. The summed E-state index contributed by atoms with van der Waals surface area (Å²) in [5.41, 5.74) is 0. The maximum absolute atomic E-state index is 10.4. The molecule has 0 atom stereocenters. The van der Waals surface area contributed by atoms with Crippen molar-refractivity contribution in [3.05, 3.63) is 11.6 Å². The number of aromatic nitrogens is 3. The number of carbonyl (C=O) groups is 1. The van der Waals surface area contributed by atoms with Crippen molar-refractivity contribution in [1.82, 2.24) is 15.2 Å². The summed E-state index contributed by atoms with van der Waals surface area (Å²) in [5.74, 6) is 0.542. The van der Waals surface area contributed by atoms with Crippen LogP contribution in [0, 0.1) is 0 Å². The van der Waals surface area contributed by atoms with Crippen LogP contribution in [-0.2, 0) is 16.0 Å². The molecular formula is C9H13N3O3. The fraction of sp³-hybridized carbons (Fsp3) is 0.667. The lowest BCUT2D eigenvalue weighted by atomic mass is 10.00. The van der Waals surface area contributed by atoms with E-state index in [-0.39, 0.29) is 6.42 Å². The van der Waals surface area contributed by atoms with Crippen LogP contribution in [0.4, 0.5) is 0 Å². The van der Waals surface area contributed by atoms with E-state index in [1.807, 2.05) is 0 Å². The number of H-pyrrole nitrogens is 1. The molecule has 0 unspecified atom stereocenters. The largest absolute Gasteiger partial charge is 0.481 e. The van der Waals surface area contributed by atoms with E-state index in [0.29, 0.717) is 11.7 Å². The van der Waals surface area contributed by atoms with E-state index in [2.05, 4.69) is 15.2 Å². The predicted molar refractivity (Wildman–Crippen MR) is 50.5 cm³/mol. The van der Waals surface area contributed by atoms with Crippen LogP contribution in [0.1, 0.15) is 30.4 Å². The number of carboxylic acid groups (broad SMARTS) is 1. The molecule has 1 fully saturated rings. The first-order chi connectivity index (χ1) is 7.25. The normalized spacial score (nSPS) is 17.9. The molecule has 1 aromatic heterocycles. The van der Waals surface area contributed by atoms with Gasteiger partial charge in [-0.1, -0.05) is 0 Å². The zero-order valence-corrected chi connectivity index (χ0v) is 8.27. The monoisotopic (exact) mass is 211 g/mol. The van der Waals surface area contributed by atoms with Gasteiger partial charge in [-0.15, -0.1) is 0 Å². The fourth-order valence-corrected chi connectivity index (χ4v) is 1.67. The van der Waals surface area contributed by atoms with Gasteiger partial charge in [0.15, 0.2) is 5.82 Å². The second-order valence-electron chi connectivity index (χ2n) is 3.60. The molecule has 6 nitrogen and oxygen atoms in total. The summed E-state index contributed by atoms with van der Waals surface area (Å²) in [6.45, 7) is 1.46. The summed E-state index contributed by atoms with van der Waals surface area (Å²) >= 11 is 0. The molecule has 1 aliphatic rings. The molecule has 2 rings (SSSR count). The fourth-order valence-electron chi connectivity index (χ4n) is 1.67. The third-order valence-electron chi connectivity index (χ3n) is 2.45. The van der Waals surface area contributed by atoms with Gasteiger partial charge in [-0.05, 0) is 12.8 Å². The van der Waals surface area contributed by atoms with Gasteiger partial charge in [0.25, 0.3) is 0 Å². The van der Waals surface area contributed by atoms with Crippen LogP contribution >= 0.6 is 0 Å². The number of aromatic amines is 1. The SMILES string of the molecule is O=C(O)Cc1nc(C2CCOCC2)n[nH]1. The van der Waals surface area contributed by atoms with Crippen molar-refractivity contribution in [1.29, 1.82) is 0 Å². The molecule has 1 saturated heterocycles. The zero-order chi connectivity index (χ0) is 10.7. The van der Waals surface area contributed by atoms with Crippen molar-refractivity contribution in [2.75, 3.05) is 13.2 Å². The molecule has 15 heavy (non-hydrogen) atoms. The minimum Gasteiger partial charge on any atom is -0.481 e. The summed E-state index contributed by atoms with van der Waals surface area (Å²) in [7, 11) is 0. The highest BCUT2D eigenvalue weighted by molar-refractivity contribution is 5.68. The molecule has 82 valence electrons. The van der Waals surface area contributed by atoms with Gasteiger partial charge in [-0.25, -0.2) is 4.98 Å². The summed E-state index contributed by atoms with van der Waals surface area (Å²) in [4.78, 5) is 14.6. The number of nitrogens with zero attached hydrogens (tertiary/aromatic N) is 2. The van der Waals surface area contributed by atoms with Crippen molar-refractivity contribution < 1.29 is 14.6 Å². The molecule has 2 heterocycles. The molecular weight excluding hydrogens is 198 g/mol. The third kappa shape index (κ3) is 2.53. The van der Waals surface area contributed by atoms with Crippen molar-refractivity contribution >= 4 is 5.97 Å². The average molecular weight is 211 g/mol. The Balaban J connectivity index is 2.02. The van der Waals surface area contributed by atoms with Crippen molar-refractivity contribution in [3.63, 3.8) is 0 Å². The topological polar surface area (TPSA) is 88.1 Å². The Kier molecular flexibility index (Phi) is 2.96. The molecule has 0 aromatic carbocycles. The number of nitrogens with one attached hydrogen (secondary N) is 1. The summed E-state index contributed by atoms with van der Waals surface area (Å²) in [6, 6.07) is 0. The van der Waals surface area contributed by atoms with E-state index in [1.54, 1.807) is 0 Å². The van der Waals surface area contributed by atoms with Gasteiger partial charge in [0, 0.05) is 19.1 Å². The van der Waals surface area contributed by atoms with E-state index in [4.69, 9.17) is 9.84 Å². The van der Waals surface area contributed by atoms with Gasteiger partial charge in [0.2, 0.25) is 0 Å². The molecule has 0 amide bonds. The lowest BCUT2D eigenvalue weighted by molar-refractivity contribution is -0.136. The Morgan fingerprint density at radius 2 is 2.27 bits per heavy atom. The highest BCUT2D eigenvalue weighted by atomic mass is 16.5. The summed E-state index contributed by atoms with van der Waals surface area (Å²) < 4.78 is 5.23. The predicted octanol–water partition coefficient (Wildman–Crippen LogP) is 0.326. The Morgan fingerprint density at radius 3 is 2.93 bits per heavy atom. The van der Waals surface area contributed by atoms with E-state index in [0.717, 1.165) is 31.9 Å². The molecule has 0 bridgehead atoms. The van der Waals surface area contributed by atoms with E-state index in [1.165, 1.54) is 0 Å². The second kappa shape index (κ2) is 4.39. The van der Waals surface area contributed by atoms with Crippen LogP contribution in [0.15, 0.2) is 0 Å². The van der Waals surface area contributed by atoms with Gasteiger partial charge >= 0.3 is 5.97 Å². The van der Waals surface area contributed by atoms with Crippen molar-refractivity contribution in [2.45, 2.75) is 25.2 Å². The Morgan fingerprint density at radius 1 is 1.53 bits per heavy atom. The highest BCUT2D eigenvalue weighted by Crippen LogP contribution is 2.23. The first kappa shape index (κ1) is 10.1. The maximum Gasteiger partial charge on any atom is 0.311 e. The van der Waals surface area contributed by atoms with E-state index >= 15 is 0 Å². The van der Waals surface area contributed by atoms with Gasteiger partial charge in [-0.3, -0.25) is 9.89 Å². The quantitative estimate of drug-likeness (QED) is 0.752. The number of carboxylic acids is 1. The smallest absolute Gasteiger partial charge is 0.311 e. The lowest BCUT2D eigenvalue weighted by Gasteiger charge is -2.18. The molecule has 0 radical (unpaired) electrons. The molecule has 0 aliphatic carbocycles. The molecule has 1 aliphatic heterocycles. The number of hydrogen-bond acceptors (Lipinski definition) is 4. The first-order valence-electron chi connectivity index (χ1n) is 4.96. The van der Waals surface area contributed by atoms with Crippen molar-refractivity contribution in [3.8, 4) is 0 Å². The van der Waals surface area contributed by atoms with Crippen LogP contribution < -0.4 is 0 Å². The minimum absolute atomic E-state index is 0.101. The first-order valence-corrected chi connectivity index (χ1v) is 4.96. The molecule has 1 aromatic rings. The maximum atomic E-state index is 10.4. The molecule has 6 heteroatoms. The number of hydrogen-bond donors (Lipinski definition) is 2. The molecule has 0 saturated carbocycles.